The second-order valence-corrected chi connectivity index (χ2v) is 8.84. The van der Waals surface area contributed by atoms with Crippen LogP contribution < -0.4 is 0 Å². The van der Waals surface area contributed by atoms with Crippen LogP contribution in [0.2, 0.25) is 0 Å². The zero-order valence-corrected chi connectivity index (χ0v) is 17.0. The maximum atomic E-state index is 12.7. The minimum absolute atomic E-state index is 0.0117. The van der Waals surface area contributed by atoms with Crippen LogP contribution >= 0.6 is 0 Å². The number of methoxy groups -OCH3 is 1. The molecule has 1 saturated carbocycles. The molecule has 1 aliphatic carbocycles. The number of carbonyl (C=O) groups is 2. The molecule has 0 aromatic heterocycles. The Hall–Kier alpha value is -1.30. The fraction of sp³-hybridized carbons (Fsp3) is 0.900. The zero-order chi connectivity index (χ0) is 19.2. The van der Waals surface area contributed by atoms with Gasteiger partial charge in [-0.3, -0.25) is 9.69 Å². The van der Waals surface area contributed by atoms with Gasteiger partial charge in [0.15, 0.2) is 0 Å². The van der Waals surface area contributed by atoms with E-state index in [1.54, 1.807) is 7.11 Å². The highest BCUT2D eigenvalue weighted by Gasteiger charge is 2.37. The van der Waals surface area contributed by atoms with Gasteiger partial charge < -0.3 is 14.4 Å². The molecule has 2 rings (SSSR count). The summed E-state index contributed by atoms with van der Waals surface area (Å²) in [6, 6.07) is 0. The van der Waals surface area contributed by atoms with Crippen molar-refractivity contribution in [1.82, 2.24) is 9.80 Å². The maximum absolute atomic E-state index is 12.7. The van der Waals surface area contributed by atoms with Gasteiger partial charge in [-0.15, -0.1) is 0 Å². The van der Waals surface area contributed by atoms with Gasteiger partial charge in [0.25, 0.3) is 0 Å². The van der Waals surface area contributed by atoms with Crippen molar-refractivity contribution in [2.45, 2.75) is 71.3 Å². The first-order valence-corrected chi connectivity index (χ1v) is 9.99. The number of ether oxygens (including phenoxy) is 2. The SMILES string of the molecule is COCCN(CC(=O)N1CCC2(CCCCC2)CC1)C(=O)OC(C)(C)C. The van der Waals surface area contributed by atoms with Crippen LogP contribution in [0.3, 0.4) is 0 Å². The third-order valence-electron chi connectivity index (χ3n) is 5.63. The number of piperidine rings is 1. The quantitative estimate of drug-likeness (QED) is 0.746. The van der Waals surface area contributed by atoms with Gasteiger partial charge in [0.05, 0.1) is 6.61 Å². The number of rotatable bonds is 5. The molecule has 1 aliphatic heterocycles. The van der Waals surface area contributed by atoms with E-state index < -0.39 is 11.7 Å². The summed E-state index contributed by atoms with van der Waals surface area (Å²) in [5.41, 5.74) is -0.111. The van der Waals surface area contributed by atoms with E-state index in [0.29, 0.717) is 18.6 Å². The Bertz CT molecular complexity index is 471. The van der Waals surface area contributed by atoms with Crippen LogP contribution in [-0.4, -0.2) is 67.3 Å². The first-order valence-electron chi connectivity index (χ1n) is 9.99. The van der Waals surface area contributed by atoms with Gasteiger partial charge in [-0.2, -0.15) is 0 Å². The monoisotopic (exact) mass is 368 g/mol. The fourth-order valence-electron chi connectivity index (χ4n) is 4.06. The number of amides is 2. The Morgan fingerprint density at radius 3 is 2.19 bits per heavy atom. The van der Waals surface area contributed by atoms with Gasteiger partial charge in [0.1, 0.15) is 12.1 Å². The Balaban J connectivity index is 1.89. The first-order chi connectivity index (χ1) is 12.2. The van der Waals surface area contributed by atoms with Crippen molar-refractivity contribution in [3.05, 3.63) is 0 Å². The van der Waals surface area contributed by atoms with Crippen molar-refractivity contribution in [3.63, 3.8) is 0 Å². The molecule has 1 saturated heterocycles. The molecule has 0 N–H and O–H groups in total. The molecule has 0 unspecified atom stereocenters. The van der Waals surface area contributed by atoms with Gasteiger partial charge in [0.2, 0.25) is 5.91 Å². The van der Waals surface area contributed by atoms with Crippen LogP contribution in [0.25, 0.3) is 0 Å². The molecule has 1 spiro atoms. The first kappa shape index (κ1) is 21.0. The lowest BCUT2D eigenvalue weighted by atomic mass is 9.68. The summed E-state index contributed by atoms with van der Waals surface area (Å²) in [6.45, 7) is 7.91. The Morgan fingerprint density at radius 1 is 1.04 bits per heavy atom. The molecule has 0 bridgehead atoms. The van der Waals surface area contributed by atoms with E-state index >= 15 is 0 Å². The minimum atomic E-state index is -0.579. The predicted molar refractivity (Wildman–Crippen MR) is 101 cm³/mol. The zero-order valence-electron chi connectivity index (χ0n) is 17.0. The molecule has 6 heteroatoms. The van der Waals surface area contributed by atoms with Crippen LogP contribution in [-0.2, 0) is 14.3 Å². The summed E-state index contributed by atoms with van der Waals surface area (Å²) in [5, 5.41) is 0. The average Bonchev–Trinajstić information content (AvgIpc) is 2.58. The average molecular weight is 369 g/mol. The van der Waals surface area contributed by atoms with Crippen molar-refractivity contribution in [2.24, 2.45) is 5.41 Å². The third-order valence-corrected chi connectivity index (χ3v) is 5.63. The van der Waals surface area contributed by atoms with E-state index in [9.17, 15) is 9.59 Å². The molecule has 150 valence electrons. The van der Waals surface area contributed by atoms with Gasteiger partial charge in [-0.1, -0.05) is 19.3 Å². The topological polar surface area (TPSA) is 59.1 Å². The van der Waals surface area contributed by atoms with E-state index in [4.69, 9.17) is 9.47 Å². The van der Waals surface area contributed by atoms with Crippen molar-refractivity contribution >= 4 is 12.0 Å². The summed E-state index contributed by atoms with van der Waals surface area (Å²) in [7, 11) is 1.59. The van der Waals surface area contributed by atoms with Gasteiger partial charge in [0, 0.05) is 26.7 Å². The number of nitrogens with zero attached hydrogens (tertiary/aromatic N) is 2. The Labute approximate surface area is 158 Å². The fourth-order valence-corrected chi connectivity index (χ4v) is 4.06. The van der Waals surface area contributed by atoms with Crippen LogP contribution in [0.15, 0.2) is 0 Å². The van der Waals surface area contributed by atoms with E-state index in [1.807, 2.05) is 25.7 Å². The highest BCUT2D eigenvalue weighted by Crippen LogP contribution is 2.44. The highest BCUT2D eigenvalue weighted by molar-refractivity contribution is 5.82. The molecule has 2 amide bonds. The molecule has 0 aromatic rings. The lowest BCUT2D eigenvalue weighted by Gasteiger charge is -2.44. The van der Waals surface area contributed by atoms with E-state index in [0.717, 1.165) is 25.9 Å². The van der Waals surface area contributed by atoms with Crippen LogP contribution in [0.1, 0.15) is 65.7 Å². The number of likely N-dealkylation sites (tertiary alicyclic amines) is 1. The molecule has 26 heavy (non-hydrogen) atoms. The summed E-state index contributed by atoms with van der Waals surface area (Å²) in [6.07, 6.45) is 8.39. The molecular formula is C20H36N2O4. The minimum Gasteiger partial charge on any atom is -0.444 e. The van der Waals surface area contributed by atoms with E-state index in [1.165, 1.54) is 37.0 Å². The largest absolute Gasteiger partial charge is 0.444 e. The predicted octanol–water partition coefficient (Wildman–Crippen LogP) is 3.44. The lowest BCUT2D eigenvalue weighted by molar-refractivity contribution is -0.135. The number of hydrogen-bond donors (Lipinski definition) is 0. The molecule has 0 atom stereocenters. The molecule has 0 aromatic carbocycles. The smallest absolute Gasteiger partial charge is 0.410 e. The standard InChI is InChI=1S/C20H36N2O4/c1-19(2,3)26-18(24)22(14-15-25-4)16-17(23)21-12-10-20(11-13-21)8-6-5-7-9-20/h5-16H2,1-4H3. The number of carbonyl (C=O) groups excluding carboxylic acids is 2. The number of hydrogen-bond acceptors (Lipinski definition) is 4. The molecule has 2 fully saturated rings. The van der Waals surface area contributed by atoms with Crippen molar-refractivity contribution < 1.29 is 19.1 Å². The summed E-state index contributed by atoms with van der Waals surface area (Å²) in [4.78, 5) is 28.5. The normalized spacial score (nSPS) is 20.1. The van der Waals surface area contributed by atoms with Crippen molar-refractivity contribution in [3.8, 4) is 0 Å². The van der Waals surface area contributed by atoms with E-state index in [2.05, 4.69) is 0 Å². The van der Waals surface area contributed by atoms with Crippen LogP contribution in [0.4, 0.5) is 4.79 Å². The Morgan fingerprint density at radius 2 is 1.65 bits per heavy atom. The molecular weight excluding hydrogens is 332 g/mol. The second kappa shape index (κ2) is 9.07. The molecule has 0 radical (unpaired) electrons. The summed E-state index contributed by atoms with van der Waals surface area (Å²) >= 11 is 0. The third kappa shape index (κ3) is 6.15. The van der Waals surface area contributed by atoms with Gasteiger partial charge >= 0.3 is 6.09 Å². The Kier molecular flexibility index (Phi) is 7.33. The highest BCUT2D eigenvalue weighted by atomic mass is 16.6. The van der Waals surface area contributed by atoms with Crippen molar-refractivity contribution in [2.75, 3.05) is 39.9 Å². The van der Waals surface area contributed by atoms with Gasteiger partial charge in [-0.05, 0) is 51.9 Å². The van der Waals surface area contributed by atoms with Crippen molar-refractivity contribution in [1.29, 1.82) is 0 Å². The summed E-state index contributed by atoms with van der Waals surface area (Å²) in [5.74, 6) is 0.0117. The molecule has 1 heterocycles. The molecule has 6 nitrogen and oxygen atoms in total. The maximum Gasteiger partial charge on any atom is 0.410 e. The second-order valence-electron chi connectivity index (χ2n) is 8.84. The lowest BCUT2D eigenvalue weighted by Crippen LogP contribution is -2.49. The summed E-state index contributed by atoms with van der Waals surface area (Å²) < 4.78 is 10.5. The van der Waals surface area contributed by atoms with Gasteiger partial charge in [-0.25, -0.2) is 4.79 Å². The van der Waals surface area contributed by atoms with E-state index in [-0.39, 0.29) is 12.5 Å². The van der Waals surface area contributed by atoms with Crippen LogP contribution in [0, 0.1) is 5.41 Å². The van der Waals surface area contributed by atoms with Crippen LogP contribution in [0.5, 0.6) is 0 Å². The molecule has 2 aliphatic rings.